The van der Waals surface area contributed by atoms with Gasteiger partial charge in [-0.15, -0.1) is 0 Å². The summed E-state index contributed by atoms with van der Waals surface area (Å²) in [5.41, 5.74) is 1.62. The lowest BCUT2D eigenvalue weighted by molar-refractivity contribution is 0.112. The van der Waals surface area contributed by atoms with Crippen LogP contribution in [0.4, 0.5) is 5.69 Å². The van der Waals surface area contributed by atoms with Crippen LogP contribution in [0.2, 0.25) is 0 Å². The number of hydrogen-bond acceptors (Lipinski definition) is 3. The summed E-state index contributed by atoms with van der Waals surface area (Å²) < 4.78 is 0. The second-order valence-electron chi connectivity index (χ2n) is 3.30. The molecule has 1 aromatic carbocycles. The maximum atomic E-state index is 10.5. The zero-order valence-corrected chi connectivity index (χ0v) is 8.97. The van der Waals surface area contributed by atoms with Crippen LogP contribution in [0.3, 0.4) is 0 Å². The van der Waals surface area contributed by atoms with Crippen LogP contribution in [0.1, 0.15) is 24.2 Å². The molecule has 0 aliphatic heterocycles. The Morgan fingerprint density at radius 2 is 2.07 bits per heavy atom. The van der Waals surface area contributed by atoms with Crippen LogP contribution in [0.25, 0.3) is 0 Å². The fourth-order valence-electron chi connectivity index (χ4n) is 1.49. The second-order valence-corrected chi connectivity index (χ2v) is 3.30. The summed E-state index contributed by atoms with van der Waals surface area (Å²) in [6.07, 6.45) is 0.813. The fraction of sp³-hybridized carbons (Fsp3) is 0.333. The molecule has 0 saturated heterocycles. The highest BCUT2D eigenvalue weighted by molar-refractivity contribution is 5.75. The molecule has 0 aliphatic rings. The molecule has 0 radical (unpaired) electrons. The summed E-state index contributed by atoms with van der Waals surface area (Å²) in [5, 5.41) is 8.85. The average Bonchev–Trinajstić information content (AvgIpc) is 2.30. The molecule has 1 aromatic rings. The molecule has 3 heteroatoms. The summed E-state index contributed by atoms with van der Waals surface area (Å²) in [7, 11) is 0. The molecule has 0 aromatic heterocycles. The van der Waals surface area contributed by atoms with Crippen LogP contribution in [0.15, 0.2) is 24.3 Å². The Kier molecular flexibility index (Phi) is 3.87. The fourth-order valence-corrected chi connectivity index (χ4v) is 1.49. The highest BCUT2D eigenvalue weighted by Crippen LogP contribution is 2.16. The van der Waals surface area contributed by atoms with Crippen molar-refractivity contribution in [2.24, 2.45) is 0 Å². The van der Waals surface area contributed by atoms with Crippen molar-refractivity contribution >= 4 is 12.0 Å². The van der Waals surface area contributed by atoms with Gasteiger partial charge in [-0.3, -0.25) is 4.79 Å². The van der Waals surface area contributed by atoms with E-state index in [1.165, 1.54) is 0 Å². The number of hydrogen-bond donors (Lipinski definition) is 0. The first-order chi connectivity index (χ1) is 7.22. The van der Waals surface area contributed by atoms with Crippen molar-refractivity contribution in [3.05, 3.63) is 29.8 Å². The highest BCUT2D eigenvalue weighted by atomic mass is 16.1. The molecule has 1 atom stereocenters. The quantitative estimate of drug-likeness (QED) is 0.703. The largest absolute Gasteiger partial charge is 0.356 e. The second kappa shape index (κ2) is 5.16. The third-order valence-electron chi connectivity index (χ3n) is 2.36. The zero-order valence-electron chi connectivity index (χ0n) is 8.97. The number of anilines is 1. The summed E-state index contributed by atoms with van der Waals surface area (Å²) in [6, 6.07) is 9.29. The van der Waals surface area contributed by atoms with Crippen molar-refractivity contribution in [2.75, 3.05) is 11.4 Å². The minimum Gasteiger partial charge on any atom is -0.356 e. The minimum absolute atomic E-state index is 0.155. The van der Waals surface area contributed by atoms with Gasteiger partial charge in [0.05, 0.1) is 6.07 Å². The van der Waals surface area contributed by atoms with Crippen molar-refractivity contribution in [1.29, 1.82) is 5.26 Å². The SMILES string of the molecule is CCN(c1ccc(C=O)cc1)C(C)C#N. The number of rotatable bonds is 4. The Hall–Kier alpha value is -1.82. The number of carbonyl (C=O) groups is 1. The molecule has 0 bridgehead atoms. The minimum atomic E-state index is -0.155. The first kappa shape index (κ1) is 11.3. The van der Waals surface area contributed by atoms with Crippen molar-refractivity contribution in [1.82, 2.24) is 0 Å². The van der Waals surface area contributed by atoms with Crippen LogP contribution in [0, 0.1) is 11.3 Å². The number of carbonyl (C=O) groups excluding carboxylic acids is 1. The Morgan fingerprint density at radius 3 is 2.47 bits per heavy atom. The smallest absolute Gasteiger partial charge is 0.150 e. The first-order valence-corrected chi connectivity index (χ1v) is 4.94. The van der Waals surface area contributed by atoms with Crippen molar-refractivity contribution in [2.45, 2.75) is 19.9 Å². The molecule has 0 aliphatic carbocycles. The number of nitriles is 1. The molecule has 0 N–H and O–H groups in total. The lowest BCUT2D eigenvalue weighted by Crippen LogP contribution is -2.31. The molecule has 0 fully saturated rings. The van der Waals surface area contributed by atoms with Crippen molar-refractivity contribution in [3.8, 4) is 6.07 Å². The predicted molar refractivity (Wildman–Crippen MR) is 59.9 cm³/mol. The monoisotopic (exact) mass is 202 g/mol. The van der Waals surface area contributed by atoms with E-state index in [1.54, 1.807) is 12.1 Å². The van der Waals surface area contributed by atoms with E-state index in [4.69, 9.17) is 5.26 Å². The van der Waals surface area contributed by atoms with E-state index in [2.05, 4.69) is 6.07 Å². The Balaban J connectivity index is 2.93. The molecule has 3 nitrogen and oxygen atoms in total. The number of aldehydes is 1. The lowest BCUT2D eigenvalue weighted by Gasteiger charge is -2.25. The number of benzene rings is 1. The lowest BCUT2D eigenvalue weighted by atomic mass is 10.2. The maximum absolute atomic E-state index is 10.5. The van der Waals surface area contributed by atoms with E-state index in [1.807, 2.05) is 30.9 Å². The van der Waals surface area contributed by atoms with Crippen molar-refractivity contribution in [3.63, 3.8) is 0 Å². The van der Waals surface area contributed by atoms with Gasteiger partial charge in [0, 0.05) is 17.8 Å². The summed E-state index contributed by atoms with van der Waals surface area (Å²) in [4.78, 5) is 12.5. The predicted octanol–water partition coefficient (Wildman–Crippen LogP) is 2.24. The zero-order chi connectivity index (χ0) is 11.3. The van der Waals surface area contributed by atoms with Crippen LogP contribution in [0.5, 0.6) is 0 Å². The van der Waals surface area contributed by atoms with Gasteiger partial charge in [-0.1, -0.05) is 0 Å². The van der Waals surface area contributed by atoms with E-state index < -0.39 is 0 Å². The Labute approximate surface area is 89.9 Å². The van der Waals surface area contributed by atoms with Crippen LogP contribution < -0.4 is 4.90 Å². The van der Waals surface area contributed by atoms with Gasteiger partial charge in [0.15, 0.2) is 0 Å². The first-order valence-electron chi connectivity index (χ1n) is 4.94. The highest BCUT2D eigenvalue weighted by Gasteiger charge is 2.11. The maximum Gasteiger partial charge on any atom is 0.150 e. The van der Waals surface area contributed by atoms with E-state index in [-0.39, 0.29) is 6.04 Å². The molecule has 0 heterocycles. The Bertz CT molecular complexity index is 364. The van der Waals surface area contributed by atoms with Gasteiger partial charge in [-0.05, 0) is 38.1 Å². The molecule has 1 rings (SSSR count). The van der Waals surface area contributed by atoms with Crippen LogP contribution in [-0.4, -0.2) is 18.9 Å². The Morgan fingerprint density at radius 1 is 1.47 bits per heavy atom. The molecular weight excluding hydrogens is 188 g/mol. The standard InChI is InChI=1S/C12H14N2O/c1-3-14(10(2)8-13)12-6-4-11(9-15)5-7-12/h4-7,9-10H,3H2,1-2H3. The molecule has 78 valence electrons. The van der Waals surface area contributed by atoms with Gasteiger partial charge < -0.3 is 4.90 Å². The van der Waals surface area contributed by atoms with Gasteiger partial charge in [-0.2, -0.15) is 5.26 Å². The molecule has 15 heavy (non-hydrogen) atoms. The number of nitrogens with zero attached hydrogens (tertiary/aromatic N) is 2. The third-order valence-corrected chi connectivity index (χ3v) is 2.36. The van der Waals surface area contributed by atoms with Gasteiger partial charge in [0.2, 0.25) is 0 Å². The van der Waals surface area contributed by atoms with E-state index in [0.717, 1.165) is 18.5 Å². The van der Waals surface area contributed by atoms with E-state index in [0.29, 0.717) is 5.56 Å². The molecule has 1 unspecified atom stereocenters. The van der Waals surface area contributed by atoms with Gasteiger partial charge in [0.1, 0.15) is 12.3 Å². The molecular formula is C12H14N2O. The van der Waals surface area contributed by atoms with Crippen LogP contribution >= 0.6 is 0 Å². The summed E-state index contributed by atoms with van der Waals surface area (Å²) >= 11 is 0. The molecule has 0 saturated carbocycles. The van der Waals surface area contributed by atoms with E-state index in [9.17, 15) is 4.79 Å². The molecule has 0 amide bonds. The van der Waals surface area contributed by atoms with Gasteiger partial charge in [-0.25, -0.2) is 0 Å². The summed E-state index contributed by atoms with van der Waals surface area (Å²) in [6.45, 7) is 4.63. The average molecular weight is 202 g/mol. The third kappa shape index (κ3) is 2.57. The normalized spacial score (nSPS) is 11.5. The van der Waals surface area contributed by atoms with Gasteiger partial charge in [0.25, 0.3) is 0 Å². The topological polar surface area (TPSA) is 44.1 Å². The summed E-state index contributed by atoms with van der Waals surface area (Å²) in [5.74, 6) is 0. The van der Waals surface area contributed by atoms with E-state index >= 15 is 0 Å². The van der Waals surface area contributed by atoms with Crippen molar-refractivity contribution < 1.29 is 4.79 Å². The molecule has 0 spiro atoms. The van der Waals surface area contributed by atoms with Gasteiger partial charge >= 0.3 is 0 Å². The van der Waals surface area contributed by atoms with Crippen LogP contribution in [-0.2, 0) is 0 Å².